The van der Waals surface area contributed by atoms with Crippen LogP contribution in [-0.2, 0) is 17.9 Å². The van der Waals surface area contributed by atoms with Gasteiger partial charge in [0.2, 0.25) is 5.91 Å². The van der Waals surface area contributed by atoms with Crippen molar-refractivity contribution in [3.63, 3.8) is 0 Å². The van der Waals surface area contributed by atoms with E-state index in [0.717, 1.165) is 59.7 Å². The minimum absolute atomic E-state index is 0.157. The van der Waals surface area contributed by atoms with Crippen molar-refractivity contribution in [3.8, 4) is 5.75 Å². The van der Waals surface area contributed by atoms with Crippen LogP contribution in [0.15, 0.2) is 47.1 Å². The molecule has 168 valence electrons. The maximum atomic E-state index is 13.2. The summed E-state index contributed by atoms with van der Waals surface area (Å²) in [6.07, 6.45) is 8.52. The van der Waals surface area contributed by atoms with Gasteiger partial charge in [-0.05, 0) is 56.0 Å². The number of carbonyl (C=O) groups is 1. The number of pyridine rings is 1. The Labute approximate surface area is 189 Å². The van der Waals surface area contributed by atoms with Gasteiger partial charge in [-0.1, -0.05) is 12.8 Å². The second-order valence-electron chi connectivity index (χ2n) is 8.98. The van der Waals surface area contributed by atoms with Gasteiger partial charge in [0.25, 0.3) is 0 Å². The fourth-order valence-electron chi connectivity index (χ4n) is 4.58. The van der Waals surface area contributed by atoms with Crippen molar-refractivity contribution in [2.75, 3.05) is 25.1 Å². The maximum absolute atomic E-state index is 13.2. The lowest BCUT2D eigenvalue weighted by Crippen LogP contribution is -2.33. The van der Waals surface area contributed by atoms with Crippen LogP contribution in [0.25, 0.3) is 10.9 Å². The average molecular weight is 434 g/mol. The number of anilines is 1. The van der Waals surface area contributed by atoms with Crippen molar-refractivity contribution < 1.29 is 13.9 Å². The number of aromatic nitrogens is 1. The van der Waals surface area contributed by atoms with Crippen molar-refractivity contribution in [1.29, 1.82) is 0 Å². The lowest BCUT2D eigenvalue weighted by Gasteiger charge is -2.28. The highest BCUT2D eigenvalue weighted by Crippen LogP contribution is 2.34. The van der Waals surface area contributed by atoms with Crippen molar-refractivity contribution in [2.24, 2.45) is 5.92 Å². The Bertz CT molecular complexity index is 1070. The zero-order chi connectivity index (χ0) is 21.9. The molecule has 1 aliphatic carbocycles. The molecule has 0 atom stereocenters. The fourth-order valence-corrected chi connectivity index (χ4v) is 4.58. The molecule has 5 rings (SSSR count). The third-order valence-corrected chi connectivity index (χ3v) is 6.51. The van der Waals surface area contributed by atoms with E-state index in [2.05, 4.69) is 17.0 Å². The van der Waals surface area contributed by atoms with Crippen LogP contribution in [0.2, 0.25) is 0 Å². The number of rotatable bonds is 7. The molecule has 0 radical (unpaired) electrons. The molecule has 1 saturated carbocycles. The van der Waals surface area contributed by atoms with Crippen molar-refractivity contribution in [2.45, 2.75) is 51.6 Å². The topological polar surface area (TPSA) is 58.8 Å². The van der Waals surface area contributed by atoms with Crippen LogP contribution >= 0.6 is 0 Å². The Hall–Kier alpha value is -3.02. The van der Waals surface area contributed by atoms with Gasteiger partial charge in [0, 0.05) is 42.6 Å². The predicted molar refractivity (Wildman–Crippen MR) is 125 cm³/mol. The summed E-state index contributed by atoms with van der Waals surface area (Å²) in [4.78, 5) is 22.6. The summed E-state index contributed by atoms with van der Waals surface area (Å²) in [5.74, 6) is 3.00. The Morgan fingerprint density at radius 3 is 2.62 bits per heavy atom. The van der Waals surface area contributed by atoms with Gasteiger partial charge in [-0.25, -0.2) is 4.98 Å². The van der Waals surface area contributed by atoms with Crippen molar-refractivity contribution in [1.82, 2.24) is 9.88 Å². The molecule has 3 aromatic rings. The molecule has 0 bridgehead atoms. The Kier molecular flexibility index (Phi) is 6.02. The monoisotopic (exact) mass is 433 g/mol. The number of hydrogen-bond donors (Lipinski definition) is 0. The van der Waals surface area contributed by atoms with Crippen molar-refractivity contribution >= 4 is 22.6 Å². The van der Waals surface area contributed by atoms with E-state index in [1.54, 1.807) is 13.4 Å². The molecule has 2 fully saturated rings. The summed E-state index contributed by atoms with van der Waals surface area (Å²) in [6, 6.07) is 12.0. The number of hydrogen-bond acceptors (Lipinski definition) is 5. The summed E-state index contributed by atoms with van der Waals surface area (Å²) < 4.78 is 11.0. The average Bonchev–Trinajstić information content (AvgIpc) is 3.60. The highest BCUT2D eigenvalue weighted by atomic mass is 16.5. The summed E-state index contributed by atoms with van der Waals surface area (Å²) >= 11 is 0. The lowest BCUT2D eigenvalue weighted by atomic mass is 10.1. The van der Waals surface area contributed by atoms with Crippen LogP contribution in [0.1, 0.15) is 49.8 Å². The number of nitrogens with zero attached hydrogens (tertiary/aromatic N) is 3. The van der Waals surface area contributed by atoms with Crippen LogP contribution in [0, 0.1) is 5.92 Å². The van der Waals surface area contributed by atoms with Crippen LogP contribution < -0.4 is 9.64 Å². The predicted octanol–water partition coefficient (Wildman–Crippen LogP) is 5.16. The first-order valence-corrected chi connectivity index (χ1v) is 11.7. The minimum atomic E-state index is 0.157. The van der Waals surface area contributed by atoms with Gasteiger partial charge in [0.1, 0.15) is 17.3 Å². The third-order valence-electron chi connectivity index (χ3n) is 6.51. The van der Waals surface area contributed by atoms with Crippen LogP contribution in [-0.4, -0.2) is 36.0 Å². The number of methoxy groups -OCH3 is 1. The van der Waals surface area contributed by atoms with E-state index < -0.39 is 0 Å². The van der Waals surface area contributed by atoms with Gasteiger partial charge < -0.3 is 19.0 Å². The quantitative estimate of drug-likeness (QED) is 0.515. The first-order chi connectivity index (χ1) is 15.7. The highest BCUT2D eigenvalue weighted by Gasteiger charge is 2.34. The summed E-state index contributed by atoms with van der Waals surface area (Å²) in [5, 5.41) is 1.07. The molecule has 1 saturated heterocycles. The molecule has 32 heavy (non-hydrogen) atoms. The first-order valence-electron chi connectivity index (χ1n) is 11.7. The molecule has 2 aromatic heterocycles. The molecule has 0 unspecified atom stereocenters. The molecule has 1 aliphatic heterocycles. The molecule has 6 heteroatoms. The van der Waals surface area contributed by atoms with Gasteiger partial charge in [0.05, 0.1) is 25.4 Å². The molecule has 6 nitrogen and oxygen atoms in total. The third kappa shape index (κ3) is 4.59. The first kappa shape index (κ1) is 20.9. The number of fused-ring (bicyclic) bond motifs is 1. The van der Waals surface area contributed by atoms with Crippen LogP contribution in [0.3, 0.4) is 0 Å². The lowest BCUT2D eigenvalue weighted by molar-refractivity contribution is -0.134. The normalized spacial score (nSPS) is 16.7. The number of amides is 1. The standard InChI is InChI=1S/C26H31N3O3/c1-31-22-11-10-20-15-21(25(27-24(20)16-22)28-12-4-2-3-5-13-28)17-29(26(30)19-8-9-19)18-23-7-6-14-32-23/h6-7,10-11,14-16,19H,2-5,8-9,12-13,17-18H2,1H3. The van der Waals surface area contributed by atoms with E-state index in [1.165, 1.54) is 25.7 Å². The summed E-state index contributed by atoms with van der Waals surface area (Å²) in [5.41, 5.74) is 2.03. The Morgan fingerprint density at radius 2 is 1.94 bits per heavy atom. The van der Waals surface area contributed by atoms with E-state index >= 15 is 0 Å². The van der Waals surface area contributed by atoms with Crippen molar-refractivity contribution in [3.05, 3.63) is 54.0 Å². The molecule has 0 N–H and O–H groups in total. The van der Waals surface area contributed by atoms with E-state index in [4.69, 9.17) is 14.1 Å². The molecular formula is C26H31N3O3. The van der Waals surface area contributed by atoms with Gasteiger partial charge >= 0.3 is 0 Å². The number of furan rings is 1. The molecule has 3 heterocycles. The smallest absolute Gasteiger partial charge is 0.226 e. The second kappa shape index (κ2) is 9.23. The van der Waals surface area contributed by atoms with E-state index in [0.29, 0.717) is 13.1 Å². The second-order valence-corrected chi connectivity index (χ2v) is 8.98. The Balaban J connectivity index is 1.53. The molecule has 1 amide bonds. The Morgan fingerprint density at radius 1 is 1.12 bits per heavy atom. The van der Waals surface area contributed by atoms with Gasteiger partial charge in [-0.15, -0.1) is 0 Å². The molecular weight excluding hydrogens is 402 g/mol. The minimum Gasteiger partial charge on any atom is -0.497 e. The van der Waals surface area contributed by atoms with Crippen LogP contribution in [0.5, 0.6) is 5.75 Å². The van der Waals surface area contributed by atoms with Gasteiger partial charge in [-0.3, -0.25) is 4.79 Å². The largest absolute Gasteiger partial charge is 0.497 e. The SMILES string of the molecule is COc1ccc2cc(CN(Cc3ccco3)C(=O)C3CC3)c(N3CCCCCC3)nc2c1. The molecule has 0 spiro atoms. The van der Waals surface area contributed by atoms with Crippen LogP contribution in [0.4, 0.5) is 5.82 Å². The summed E-state index contributed by atoms with van der Waals surface area (Å²) in [6.45, 7) is 3.04. The number of carbonyl (C=O) groups excluding carboxylic acids is 1. The zero-order valence-electron chi connectivity index (χ0n) is 18.8. The highest BCUT2D eigenvalue weighted by molar-refractivity contribution is 5.84. The number of ether oxygens (including phenoxy) is 1. The molecule has 1 aromatic carbocycles. The maximum Gasteiger partial charge on any atom is 0.226 e. The van der Waals surface area contributed by atoms with Gasteiger partial charge in [-0.2, -0.15) is 0 Å². The molecule has 2 aliphatic rings. The van der Waals surface area contributed by atoms with E-state index in [9.17, 15) is 4.79 Å². The summed E-state index contributed by atoms with van der Waals surface area (Å²) in [7, 11) is 1.68. The van der Waals surface area contributed by atoms with E-state index in [-0.39, 0.29) is 11.8 Å². The van der Waals surface area contributed by atoms with E-state index in [1.807, 2.05) is 29.2 Å². The fraction of sp³-hybridized carbons (Fsp3) is 0.462. The number of benzene rings is 1. The zero-order valence-corrected chi connectivity index (χ0v) is 18.8. The van der Waals surface area contributed by atoms with Gasteiger partial charge in [0.15, 0.2) is 0 Å².